The van der Waals surface area contributed by atoms with Crippen LogP contribution in [0.15, 0.2) is 48.9 Å². The van der Waals surface area contributed by atoms with Crippen molar-refractivity contribution in [1.82, 2.24) is 15.0 Å². The fraction of sp³-hybridized carbons (Fsp3) is 0.227. The van der Waals surface area contributed by atoms with Crippen molar-refractivity contribution in [3.05, 3.63) is 65.7 Å². The molecule has 148 valence electrons. The van der Waals surface area contributed by atoms with Crippen LogP contribution >= 0.6 is 0 Å². The first-order valence-corrected chi connectivity index (χ1v) is 9.32. The van der Waals surface area contributed by atoms with Crippen molar-refractivity contribution < 1.29 is 19.0 Å². The third kappa shape index (κ3) is 3.77. The minimum Gasteiger partial charge on any atom is -0.489 e. The molecule has 0 saturated carbocycles. The Balaban J connectivity index is 1.78. The summed E-state index contributed by atoms with van der Waals surface area (Å²) in [7, 11) is 1.59. The number of carbonyl (C=O) groups is 1. The van der Waals surface area contributed by atoms with E-state index < -0.39 is 5.97 Å². The number of benzene rings is 1. The maximum absolute atomic E-state index is 12.4. The molecule has 0 radical (unpaired) electrons. The van der Waals surface area contributed by atoms with Gasteiger partial charge in [-0.15, -0.1) is 0 Å². The van der Waals surface area contributed by atoms with Gasteiger partial charge in [0.15, 0.2) is 5.69 Å². The number of nitrogens with one attached hydrogen (secondary N) is 1. The van der Waals surface area contributed by atoms with Gasteiger partial charge < -0.3 is 19.2 Å². The van der Waals surface area contributed by atoms with Gasteiger partial charge in [0.25, 0.3) is 0 Å². The minimum atomic E-state index is -0.459. The topological polar surface area (TPSA) is 86.3 Å². The van der Waals surface area contributed by atoms with Gasteiger partial charge in [-0.25, -0.2) is 9.78 Å². The van der Waals surface area contributed by atoms with E-state index in [1.807, 2.05) is 30.3 Å². The predicted molar refractivity (Wildman–Crippen MR) is 109 cm³/mol. The number of esters is 1. The Morgan fingerprint density at radius 1 is 1.14 bits per heavy atom. The molecule has 0 saturated heterocycles. The Bertz CT molecular complexity index is 1160. The number of methoxy groups -OCH3 is 1. The van der Waals surface area contributed by atoms with Crippen molar-refractivity contribution >= 4 is 27.8 Å². The summed E-state index contributed by atoms with van der Waals surface area (Å²) in [4.78, 5) is 24.1. The van der Waals surface area contributed by atoms with Gasteiger partial charge in [-0.3, -0.25) is 4.98 Å². The van der Waals surface area contributed by atoms with E-state index in [-0.39, 0.29) is 18.9 Å². The third-order valence-electron chi connectivity index (χ3n) is 4.60. The van der Waals surface area contributed by atoms with Crippen LogP contribution in [-0.2, 0) is 22.7 Å². The molecule has 7 nitrogen and oxygen atoms in total. The Labute approximate surface area is 167 Å². The molecule has 0 aliphatic heterocycles. The van der Waals surface area contributed by atoms with Crippen molar-refractivity contribution in [2.45, 2.75) is 20.1 Å². The molecule has 0 amide bonds. The molecule has 0 unspecified atom stereocenters. The van der Waals surface area contributed by atoms with Crippen LogP contribution in [0.5, 0.6) is 5.75 Å². The molecule has 3 heterocycles. The summed E-state index contributed by atoms with van der Waals surface area (Å²) in [5, 5.41) is 1.82. The highest BCUT2D eigenvalue weighted by Gasteiger charge is 2.20. The number of hydrogen-bond acceptors (Lipinski definition) is 6. The van der Waals surface area contributed by atoms with E-state index in [4.69, 9.17) is 14.2 Å². The number of aromatic nitrogens is 3. The molecular weight excluding hydrogens is 370 g/mol. The second kappa shape index (κ2) is 8.28. The summed E-state index contributed by atoms with van der Waals surface area (Å²) in [6, 6.07) is 9.66. The van der Waals surface area contributed by atoms with Gasteiger partial charge in [0, 0.05) is 46.9 Å². The highest BCUT2D eigenvalue weighted by Crippen LogP contribution is 2.33. The lowest BCUT2D eigenvalue weighted by Crippen LogP contribution is -2.11. The zero-order valence-corrected chi connectivity index (χ0v) is 16.3. The predicted octanol–water partition coefficient (Wildman–Crippen LogP) is 4.01. The SMILES string of the molecule is CCOC(=O)c1ncc2[nH]c3ccc(OCc4cccnc4)cc3c2c1COC. The van der Waals surface area contributed by atoms with Crippen LogP contribution in [-0.4, -0.2) is 34.6 Å². The van der Waals surface area contributed by atoms with E-state index in [0.717, 1.165) is 33.1 Å². The van der Waals surface area contributed by atoms with Crippen molar-refractivity contribution in [3.63, 3.8) is 0 Å². The van der Waals surface area contributed by atoms with Gasteiger partial charge in [-0.05, 0) is 31.2 Å². The fourth-order valence-electron chi connectivity index (χ4n) is 3.34. The highest BCUT2D eigenvalue weighted by molar-refractivity contribution is 6.11. The molecule has 0 atom stereocenters. The first-order chi connectivity index (χ1) is 14.2. The van der Waals surface area contributed by atoms with Crippen LogP contribution in [0.2, 0.25) is 0 Å². The van der Waals surface area contributed by atoms with Crippen LogP contribution in [0.4, 0.5) is 0 Å². The number of fused-ring (bicyclic) bond motifs is 3. The van der Waals surface area contributed by atoms with E-state index in [1.165, 1.54) is 0 Å². The first-order valence-electron chi connectivity index (χ1n) is 9.32. The van der Waals surface area contributed by atoms with Crippen molar-refractivity contribution in [3.8, 4) is 5.75 Å². The lowest BCUT2D eigenvalue weighted by Gasteiger charge is -2.10. The summed E-state index contributed by atoms with van der Waals surface area (Å²) in [6.07, 6.45) is 5.16. The standard InChI is InChI=1S/C22H21N3O4/c1-3-28-22(26)21-17(13-27-2)20-16-9-15(29-12-14-5-4-8-23-10-14)6-7-18(16)25-19(20)11-24-21/h4-11,25H,3,12-13H2,1-2H3. The van der Waals surface area contributed by atoms with Gasteiger partial charge in [0.2, 0.25) is 0 Å². The van der Waals surface area contributed by atoms with Crippen LogP contribution in [0.1, 0.15) is 28.5 Å². The highest BCUT2D eigenvalue weighted by atomic mass is 16.5. The van der Waals surface area contributed by atoms with Crippen molar-refractivity contribution in [2.75, 3.05) is 13.7 Å². The van der Waals surface area contributed by atoms with Crippen LogP contribution in [0.3, 0.4) is 0 Å². The van der Waals surface area contributed by atoms with Gasteiger partial charge in [0.1, 0.15) is 12.4 Å². The van der Waals surface area contributed by atoms with Gasteiger partial charge in [0.05, 0.1) is 24.9 Å². The summed E-state index contributed by atoms with van der Waals surface area (Å²) in [5.74, 6) is 0.264. The van der Waals surface area contributed by atoms with Crippen molar-refractivity contribution in [2.24, 2.45) is 0 Å². The summed E-state index contributed by atoms with van der Waals surface area (Å²) < 4.78 is 16.5. The number of hydrogen-bond donors (Lipinski definition) is 1. The molecule has 3 aromatic heterocycles. The van der Waals surface area contributed by atoms with E-state index >= 15 is 0 Å². The Hall–Kier alpha value is -3.45. The second-order valence-corrected chi connectivity index (χ2v) is 6.51. The lowest BCUT2D eigenvalue weighted by molar-refractivity contribution is 0.0514. The number of ether oxygens (including phenoxy) is 3. The molecule has 4 rings (SSSR count). The average molecular weight is 391 g/mol. The maximum atomic E-state index is 12.4. The molecule has 0 bridgehead atoms. The molecule has 1 N–H and O–H groups in total. The molecule has 0 spiro atoms. The molecule has 0 aliphatic carbocycles. The number of nitrogens with zero attached hydrogens (tertiary/aromatic N) is 2. The van der Waals surface area contributed by atoms with Gasteiger partial charge >= 0.3 is 5.97 Å². The zero-order chi connectivity index (χ0) is 20.2. The van der Waals surface area contributed by atoms with E-state index in [2.05, 4.69) is 15.0 Å². The third-order valence-corrected chi connectivity index (χ3v) is 4.60. The van der Waals surface area contributed by atoms with Gasteiger partial charge in [-0.2, -0.15) is 0 Å². The molecule has 0 aliphatic rings. The van der Waals surface area contributed by atoms with E-state index in [1.54, 1.807) is 32.6 Å². The molecule has 4 aromatic rings. The van der Waals surface area contributed by atoms with Gasteiger partial charge in [-0.1, -0.05) is 6.07 Å². The Kier molecular flexibility index (Phi) is 5.39. The number of carbonyl (C=O) groups excluding carboxylic acids is 1. The molecular formula is C22H21N3O4. The molecule has 29 heavy (non-hydrogen) atoms. The first kappa shape index (κ1) is 18.9. The summed E-state index contributed by atoms with van der Waals surface area (Å²) in [5.41, 5.74) is 3.70. The molecule has 0 fully saturated rings. The number of pyridine rings is 2. The number of H-pyrrole nitrogens is 1. The quantitative estimate of drug-likeness (QED) is 0.479. The average Bonchev–Trinajstić information content (AvgIpc) is 3.12. The summed E-state index contributed by atoms with van der Waals surface area (Å²) >= 11 is 0. The van der Waals surface area contributed by atoms with Crippen LogP contribution in [0.25, 0.3) is 21.8 Å². The molecule has 7 heteroatoms. The van der Waals surface area contributed by atoms with E-state index in [0.29, 0.717) is 12.2 Å². The van der Waals surface area contributed by atoms with Crippen LogP contribution < -0.4 is 4.74 Å². The Morgan fingerprint density at radius 2 is 2.03 bits per heavy atom. The normalized spacial score (nSPS) is 11.1. The fourth-order valence-corrected chi connectivity index (χ4v) is 3.34. The Morgan fingerprint density at radius 3 is 2.79 bits per heavy atom. The summed E-state index contributed by atoms with van der Waals surface area (Å²) in [6.45, 7) is 2.71. The second-order valence-electron chi connectivity index (χ2n) is 6.51. The zero-order valence-electron chi connectivity index (χ0n) is 16.3. The largest absolute Gasteiger partial charge is 0.489 e. The lowest BCUT2D eigenvalue weighted by atomic mass is 10.1. The van der Waals surface area contributed by atoms with E-state index in [9.17, 15) is 4.79 Å². The smallest absolute Gasteiger partial charge is 0.357 e. The monoisotopic (exact) mass is 391 g/mol. The maximum Gasteiger partial charge on any atom is 0.357 e. The van der Waals surface area contributed by atoms with Crippen LogP contribution in [0, 0.1) is 0 Å². The number of aromatic amines is 1. The minimum absolute atomic E-state index is 0.242. The number of rotatable bonds is 7. The van der Waals surface area contributed by atoms with Crippen molar-refractivity contribution in [1.29, 1.82) is 0 Å². The molecule has 1 aromatic carbocycles.